The minimum atomic E-state index is -1.27. The highest BCUT2D eigenvalue weighted by Crippen LogP contribution is 2.37. The van der Waals surface area contributed by atoms with Crippen LogP contribution in [0.1, 0.15) is 36.0 Å². The van der Waals surface area contributed by atoms with Crippen LogP contribution in [0.4, 0.5) is 0 Å². The summed E-state index contributed by atoms with van der Waals surface area (Å²) in [6, 6.07) is 8.39. The van der Waals surface area contributed by atoms with Gasteiger partial charge in [0.1, 0.15) is 0 Å². The molecule has 2 fully saturated rings. The molecule has 2 heterocycles. The van der Waals surface area contributed by atoms with Crippen LogP contribution in [-0.2, 0) is 4.74 Å². The summed E-state index contributed by atoms with van der Waals surface area (Å²) >= 11 is 0. The number of Topliss-reactive ketones (excluding diaryl/α,β-unsaturated/α-hetero) is 1. The van der Waals surface area contributed by atoms with Gasteiger partial charge in [0.25, 0.3) is 0 Å². The summed E-state index contributed by atoms with van der Waals surface area (Å²) in [6.45, 7) is 7.00. The van der Waals surface area contributed by atoms with Gasteiger partial charge >= 0.3 is 0 Å². The molecule has 0 N–H and O–H groups in total. The molecule has 108 valence electrons. The second-order valence-electron chi connectivity index (χ2n) is 7.32. The molecule has 1 aromatic rings. The summed E-state index contributed by atoms with van der Waals surface area (Å²) in [5.74, 6) is 0.506. The van der Waals surface area contributed by atoms with Gasteiger partial charge in [0.2, 0.25) is 0 Å². The van der Waals surface area contributed by atoms with E-state index in [1.54, 1.807) is 0 Å². The third-order valence-corrected chi connectivity index (χ3v) is 6.76. The van der Waals surface area contributed by atoms with Gasteiger partial charge in [-0.1, -0.05) is 49.1 Å². The van der Waals surface area contributed by atoms with Gasteiger partial charge in [0.05, 0.1) is 20.3 Å². The lowest BCUT2D eigenvalue weighted by atomic mass is 9.88. The maximum Gasteiger partial charge on any atom is 0.166 e. The lowest BCUT2D eigenvalue weighted by molar-refractivity contribution is -0.0149. The summed E-state index contributed by atoms with van der Waals surface area (Å²) in [5.41, 5.74) is 0.887. The first kappa shape index (κ1) is 14.0. The minimum Gasteiger partial charge on any atom is -0.375 e. The maximum absolute atomic E-state index is 12.6. The van der Waals surface area contributed by atoms with Crippen LogP contribution in [0.2, 0.25) is 19.6 Å². The van der Waals surface area contributed by atoms with Crippen molar-refractivity contribution in [2.24, 2.45) is 5.92 Å². The van der Waals surface area contributed by atoms with Crippen LogP contribution in [0.5, 0.6) is 0 Å². The Labute approximate surface area is 122 Å². The predicted octanol–water partition coefficient (Wildman–Crippen LogP) is 3.37. The van der Waals surface area contributed by atoms with Crippen molar-refractivity contribution in [2.45, 2.75) is 57.5 Å². The van der Waals surface area contributed by atoms with E-state index in [4.69, 9.17) is 4.74 Å². The highest BCUT2D eigenvalue weighted by molar-refractivity contribution is 6.88. The van der Waals surface area contributed by atoms with Gasteiger partial charge in [-0.2, -0.15) is 0 Å². The first-order chi connectivity index (χ1) is 9.43. The molecule has 2 aliphatic heterocycles. The van der Waals surface area contributed by atoms with Crippen molar-refractivity contribution < 1.29 is 9.53 Å². The summed E-state index contributed by atoms with van der Waals surface area (Å²) in [6.07, 6.45) is 4.80. The molecule has 0 aliphatic carbocycles. The Morgan fingerprint density at radius 2 is 1.60 bits per heavy atom. The predicted molar refractivity (Wildman–Crippen MR) is 84.4 cm³/mol. The van der Waals surface area contributed by atoms with Crippen molar-refractivity contribution in [3.05, 3.63) is 29.8 Å². The molecule has 0 amide bonds. The second kappa shape index (κ2) is 5.12. The molecule has 0 radical (unpaired) electrons. The highest BCUT2D eigenvalue weighted by Gasteiger charge is 2.38. The third kappa shape index (κ3) is 2.74. The minimum absolute atomic E-state index is 0.180. The molecule has 3 rings (SSSR count). The molecule has 0 aromatic heterocycles. The zero-order valence-corrected chi connectivity index (χ0v) is 13.7. The van der Waals surface area contributed by atoms with Gasteiger partial charge in [-0.25, -0.2) is 0 Å². The molecule has 20 heavy (non-hydrogen) atoms. The molecule has 2 saturated heterocycles. The Balaban J connectivity index is 1.74. The average Bonchev–Trinajstić information content (AvgIpc) is 2.76. The van der Waals surface area contributed by atoms with E-state index in [-0.39, 0.29) is 5.92 Å². The number of hydrogen-bond donors (Lipinski definition) is 0. The number of carbonyl (C=O) groups excluding carboxylic acids is 1. The van der Waals surface area contributed by atoms with Gasteiger partial charge in [-0.05, 0) is 25.7 Å². The Hall–Kier alpha value is -0.933. The standard InChI is InChI=1S/C17H24O2Si/c1-20(2,3)16-8-4-12(5-9-16)17(18)13-10-14-6-7-15(11-13)19-14/h4-5,8-9,13-15H,6-7,10-11H2,1-3H3. The zero-order valence-electron chi connectivity index (χ0n) is 12.7. The van der Waals surface area contributed by atoms with Gasteiger partial charge in [-0.15, -0.1) is 0 Å². The molecule has 2 aliphatic rings. The normalized spacial score (nSPS) is 29.4. The van der Waals surface area contributed by atoms with Crippen LogP contribution in [0.3, 0.4) is 0 Å². The fourth-order valence-corrected chi connectivity index (χ4v) is 4.61. The number of carbonyl (C=O) groups is 1. The quantitative estimate of drug-likeness (QED) is 0.629. The number of ether oxygens (including phenoxy) is 1. The highest BCUT2D eigenvalue weighted by atomic mass is 28.3. The largest absolute Gasteiger partial charge is 0.375 e. The Morgan fingerprint density at radius 3 is 2.10 bits per heavy atom. The van der Waals surface area contributed by atoms with E-state index in [0.717, 1.165) is 31.2 Å². The molecule has 0 saturated carbocycles. The van der Waals surface area contributed by atoms with E-state index in [1.165, 1.54) is 5.19 Å². The molecule has 2 atom stereocenters. The van der Waals surface area contributed by atoms with E-state index < -0.39 is 8.07 Å². The van der Waals surface area contributed by atoms with Crippen molar-refractivity contribution in [2.75, 3.05) is 0 Å². The first-order valence-corrected chi connectivity index (χ1v) is 11.2. The van der Waals surface area contributed by atoms with E-state index >= 15 is 0 Å². The summed E-state index contributed by atoms with van der Waals surface area (Å²) in [4.78, 5) is 12.6. The van der Waals surface area contributed by atoms with E-state index in [2.05, 4.69) is 31.8 Å². The molecule has 2 nitrogen and oxygen atoms in total. The molecular weight excluding hydrogens is 264 g/mol. The lowest BCUT2D eigenvalue weighted by Crippen LogP contribution is -2.37. The van der Waals surface area contributed by atoms with Crippen LogP contribution >= 0.6 is 0 Å². The first-order valence-electron chi connectivity index (χ1n) is 7.74. The van der Waals surface area contributed by atoms with Crippen molar-refractivity contribution in [1.82, 2.24) is 0 Å². The van der Waals surface area contributed by atoms with E-state index in [0.29, 0.717) is 18.0 Å². The van der Waals surface area contributed by atoms with Crippen molar-refractivity contribution in [3.63, 3.8) is 0 Å². The van der Waals surface area contributed by atoms with Crippen molar-refractivity contribution >= 4 is 19.0 Å². The fourth-order valence-electron chi connectivity index (χ4n) is 3.44. The van der Waals surface area contributed by atoms with Crippen LogP contribution in [0.25, 0.3) is 0 Å². The van der Waals surface area contributed by atoms with Crippen LogP contribution in [0, 0.1) is 5.92 Å². The topological polar surface area (TPSA) is 26.3 Å². The number of benzene rings is 1. The van der Waals surface area contributed by atoms with Crippen molar-refractivity contribution in [3.8, 4) is 0 Å². The Morgan fingerprint density at radius 1 is 1.05 bits per heavy atom. The molecular formula is C17H24O2Si. The monoisotopic (exact) mass is 288 g/mol. The SMILES string of the molecule is C[Si](C)(C)c1ccc(C(=O)C2CC3CCC(C2)O3)cc1. The smallest absolute Gasteiger partial charge is 0.166 e. The third-order valence-electron chi connectivity index (χ3n) is 4.70. The number of rotatable bonds is 3. The summed E-state index contributed by atoms with van der Waals surface area (Å²) in [7, 11) is -1.27. The van der Waals surface area contributed by atoms with Gasteiger partial charge in [-0.3, -0.25) is 4.79 Å². The molecule has 0 spiro atoms. The summed E-state index contributed by atoms with van der Waals surface area (Å²) in [5, 5.41) is 1.42. The van der Waals surface area contributed by atoms with Crippen LogP contribution in [0.15, 0.2) is 24.3 Å². The van der Waals surface area contributed by atoms with E-state index in [1.807, 2.05) is 12.1 Å². The Kier molecular flexibility index (Phi) is 3.59. The molecule has 3 heteroatoms. The second-order valence-corrected chi connectivity index (χ2v) is 12.4. The number of hydrogen-bond acceptors (Lipinski definition) is 2. The van der Waals surface area contributed by atoms with Gasteiger partial charge in [0.15, 0.2) is 5.78 Å². The molecule has 2 unspecified atom stereocenters. The van der Waals surface area contributed by atoms with Gasteiger partial charge < -0.3 is 4.74 Å². The average molecular weight is 288 g/mol. The van der Waals surface area contributed by atoms with Crippen molar-refractivity contribution in [1.29, 1.82) is 0 Å². The van der Waals surface area contributed by atoms with Crippen LogP contribution in [-0.4, -0.2) is 26.1 Å². The zero-order chi connectivity index (χ0) is 14.3. The number of ketones is 1. The Bertz CT molecular complexity index is 489. The molecule has 2 bridgehead atoms. The van der Waals surface area contributed by atoms with Gasteiger partial charge in [0, 0.05) is 11.5 Å². The van der Waals surface area contributed by atoms with Crippen LogP contribution < -0.4 is 5.19 Å². The number of fused-ring (bicyclic) bond motifs is 2. The summed E-state index contributed by atoms with van der Waals surface area (Å²) < 4.78 is 5.83. The molecule has 1 aromatic carbocycles. The maximum atomic E-state index is 12.6. The fraction of sp³-hybridized carbons (Fsp3) is 0.588. The van der Waals surface area contributed by atoms with E-state index in [9.17, 15) is 4.79 Å². The lowest BCUT2D eigenvalue weighted by Gasteiger charge is -2.27.